The van der Waals surface area contributed by atoms with E-state index in [1.54, 1.807) is 44.7 Å². The zero-order chi connectivity index (χ0) is 28.1. The van der Waals surface area contributed by atoms with Crippen LogP contribution in [-0.4, -0.2) is 24.2 Å². The summed E-state index contributed by atoms with van der Waals surface area (Å²) in [5.41, 5.74) is -0.596. The van der Waals surface area contributed by atoms with Gasteiger partial charge < -0.3 is 23.4 Å². The molecule has 2 aromatic heterocycles. The number of hydrogen-bond acceptors (Lipinski definition) is 6. The molecule has 0 unspecified atom stereocenters. The number of rotatable bonds is 11. The van der Waals surface area contributed by atoms with Gasteiger partial charge in [0.1, 0.15) is 28.9 Å². The van der Waals surface area contributed by atoms with Gasteiger partial charge in [-0.25, -0.2) is 8.78 Å². The van der Waals surface area contributed by atoms with E-state index < -0.39 is 17.2 Å². The predicted octanol–water partition coefficient (Wildman–Crippen LogP) is 6.65. The fourth-order valence-corrected chi connectivity index (χ4v) is 4.87. The van der Waals surface area contributed by atoms with Crippen molar-refractivity contribution in [3.63, 3.8) is 0 Å². The molecule has 2 heterocycles. The molecule has 0 amide bonds. The number of halogens is 2. The number of hydrogen-bond donors (Lipinski definition) is 1. The third-order valence-corrected chi connectivity index (χ3v) is 6.72. The molecule has 6 nitrogen and oxygen atoms in total. The molecule has 0 atom stereocenters. The Bertz CT molecular complexity index is 1520. The van der Waals surface area contributed by atoms with E-state index in [0.717, 1.165) is 11.3 Å². The van der Waals surface area contributed by atoms with Crippen LogP contribution in [0.2, 0.25) is 0 Å². The lowest BCUT2D eigenvalue weighted by molar-refractivity contribution is 0.0940. The Kier molecular flexibility index (Phi) is 8.00. The normalized spacial score (nSPS) is 11.7. The summed E-state index contributed by atoms with van der Waals surface area (Å²) >= 11 is 0. The first kappa shape index (κ1) is 27.2. The van der Waals surface area contributed by atoms with Crippen molar-refractivity contribution in [2.24, 2.45) is 0 Å². The van der Waals surface area contributed by atoms with Crippen molar-refractivity contribution in [2.45, 2.75) is 25.2 Å². The quantitative estimate of drug-likeness (QED) is 0.200. The van der Waals surface area contributed by atoms with Crippen molar-refractivity contribution in [1.82, 2.24) is 4.90 Å². The van der Waals surface area contributed by atoms with Gasteiger partial charge in [0.2, 0.25) is 0 Å². The van der Waals surface area contributed by atoms with E-state index in [1.807, 2.05) is 30.3 Å². The lowest BCUT2D eigenvalue weighted by atomic mass is 9.84. The number of benzene rings is 3. The minimum absolute atomic E-state index is 0.135. The highest BCUT2D eigenvalue weighted by Gasteiger charge is 2.38. The molecular formula is C32H29F2NO5. The molecule has 0 radical (unpaired) electrons. The zero-order valence-electron chi connectivity index (χ0n) is 22.1. The maximum atomic E-state index is 14.2. The van der Waals surface area contributed by atoms with Crippen molar-refractivity contribution in [3.8, 4) is 11.5 Å². The van der Waals surface area contributed by atoms with Crippen molar-refractivity contribution in [3.05, 3.63) is 143 Å². The summed E-state index contributed by atoms with van der Waals surface area (Å²) in [7, 11) is 3.18. The van der Waals surface area contributed by atoms with Crippen LogP contribution < -0.4 is 9.47 Å². The summed E-state index contributed by atoms with van der Waals surface area (Å²) in [6.45, 7) is 1.26. The van der Waals surface area contributed by atoms with E-state index in [4.69, 9.17) is 18.3 Å². The number of methoxy groups -OCH3 is 2. The lowest BCUT2D eigenvalue weighted by Gasteiger charge is -2.27. The third kappa shape index (κ3) is 5.64. The summed E-state index contributed by atoms with van der Waals surface area (Å²) in [6.07, 6.45) is 1.61. The Labute approximate surface area is 231 Å². The second-order valence-corrected chi connectivity index (χ2v) is 9.37. The van der Waals surface area contributed by atoms with Crippen LogP contribution in [0.4, 0.5) is 8.78 Å². The fourth-order valence-electron chi connectivity index (χ4n) is 4.87. The maximum Gasteiger partial charge on any atom is 0.173 e. The summed E-state index contributed by atoms with van der Waals surface area (Å²) in [4.78, 5) is 2.09. The number of aliphatic hydroxyl groups is 1. The molecule has 5 aromatic rings. The molecule has 3 aromatic carbocycles. The zero-order valence-corrected chi connectivity index (χ0v) is 22.1. The Morgan fingerprint density at radius 3 is 2.02 bits per heavy atom. The van der Waals surface area contributed by atoms with Crippen LogP contribution in [-0.2, 0) is 25.2 Å². The van der Waals surface area contributed by atoms with Crippen molar-refractivity contribution in [1.29, 1.82) is 0 Å². The van der Waals surface area contributed by atoms with Gasteiger partial charge in [0, 0.05) is 12.1 Å². The molecule has 206 valence electrons. The number of nitrogens with zero attached hydrogens (tertiary/aromatic N) is 1. The van der Waals surface area contributed by atoms with Gasteiger partial charge in [0.05, 0.1) is 33.6 Å². The molecule has 0 aliphatic rings. The Hall–Kier alpha value is -4.40. The highest BCUT2D eigenvalue weighted by Crippen LogP contribution is 2.39. The molecule has 8 heteroatoms. The minimum atomic E-state index is -1.93. The topological polar surface area (TPSA) is 68.2 Å². The van der Waals surface area contributed by atoms with Gasteiger partial charge in [-0.3, -0.25) is 4.90 Å². The number of ether oxygens (including phenoxy) is 2. The van der Waals surface area contributed by atoms with Gasteiger partial charge in [-0.05, 0) is 65.7 Å². The van der Waals surface area contributed by atoms with Crippen molar-refractivity contribution < 1.29 is 32.2 Å². The molecule has 0 fully saturated rings. The lowest BCUT2D eigenvalue weighted by Crippen LogP contribution is -2.28. The SMILES string of the molecule is COc1cccc(CN(Cc2ccco2)Cc2ccc(C(O)(c3cccc(F)c3)c3cccc(F)c3)o2)c1OC. The van der Waals surface area contributed by atoms with Crippen molar-refractivity contribution in [2.75, 3.05) is 14.2 Å². The van der Waals surface area contributed by atoms with Crippen molar-refractivity contribution >= 4 is 0 Å². The molecule has 0 aliphatic carbocycles. The standard InChI is InChI=1S/C32H29F2NO5/c1-37-29-13-3-7-22(31(29)38-2)19-35(20-27-12-6-16-39-27)21-28-14-15-30(40-28)32(36,23-8-4-10-25(33)17-23)24-9-5-11-26(34)18-24/h3-18,36H,19-21H2,1-2H3. The molecule has 0 aliphatic heterocycles. The second kappa shape index (κ2) is 11.8. The first-order valence-corrected chi connectivity index (χ1v) is 12.7. The minimum Gasteiger partial charge on any atom is -0.493 e. The molecule has 0 saturated heterocycles. The Morgan fingerprint density at radius 2 is 1.43 bits per heavy atom. The maximum absolute atomic E-state index is 14.2. The van der Waals surface area contributed by atoms with Gasteiger partial charge in [-0.15, -0.1) is 0 Å². The van der Waals surface area contributed by atoms with E-state index in [1.165, 1.54) is 36.4 Å². The number of para-hydroxylation sites is 1. The molecule has 1 N–H and O–H groups in total. The Morgan fingerprint density at radius 1 is 0.750 bits per heavy atom. The van der Waals surface area contributed by atoms with Gasteiger partial charge in [0.15, 0.2) is 17.1 Å². The molecule has 0 saturated carbocycles. The fraction of sp³-hybridized carbons (Fsp3) is 0.188. The van der Waals surface area contributed by atoms with E-state index in [-0.39, 0.29) is 16.9 Å². The highest BCUT2D eigenvalue weighted by atomic mass is 19.1. The number of furan rings is 2. The average Bonchev–Trinajstić information content (AvgIpc) is 3.65. The van der Waals surface area contributed by atoms with E-state index in [2.05, 4.69) is 4.90 Å². The highest BCUT2D eigenvalue weighted by molar-refractivity contribution is 5.47. The molecule has 40 heavy (non-hydrogen) atoms. The van der Waals surface area contributed by atoms with Crippen LogP contribution in [0.15, 0.2) is 106 Å². The van der Waals surface area contributed by atoms with Crippen LogP contribution in [0.5, 0.6) is 11.5 Å². The smallest absolute Gasteiger partial charge is 0.173 e. The van der Waals surface area contributed by atoms with Crippen LogP contribution >= 0.6 is 0 Å². The van der Waals surface area contributed by atoms with Gasteiger partial charge in [-0.2, -0.15) is 0 Å². The summed E-state index contributed by atoms with van der Waals surface area (Å²) in [5, 5.41) is 12.0. The first-order valence-electron chi connectivity index (χ1n) is 12.7. The van der Waals surface area contributed by atoms with E-state index >= 15 is 0 Å². The van der Waals surface area contributed by atoms with Crippen LogP contribution in [0.3, 0.4) is 0 Å². The Balaban J connectivity index is 1.50. The molecule has 0 spiro atoms. The molecule has 0 bridgehead atoms. The van der Waals surface area contributed by atoms with Crippen LogP contribution in [0.25, 0.3) is 0 Å². The summed E-state index contributed by atoms with van der Waals surface area (Å²) < 4.78 is 51.4. The van der Waals surface area contributed by atoms with Crippen LogP contribution in [0, 0.1) is 11.6 Å². The summed E-state index contributed by atoms with van der Waals surface area (Å²) in [5.74, 6) is 1.61. The monoisotopic (exact) mass is 545 g/mol. The first-order chi connectivity index (χ1) is 19.4. The van der Waals surface area contributed by atoms with Gasteiger partial charge in [-0.1, -0.05) is 36.4 Å². The van der Waals surface area contributed by atoms with Gasteiger partial charge in [0.25, 0.3) is 0 Å². The second-order valence-electron chi connectivity index (χ2n) is 9.37. The molecule has 5 rings (SSSR count). The van der Waals surface area contributed by atoms with E-state index in [9.17, 15) is 13.9 Å². The van der Waals surface area contributed by atoms with Gasteiger partial charge >= 0.3 is 0 Å². The third-order valence-electron chi connectivity index (χ3n) is 6.72. The van der Waals surface area contributed by atoms with Crippen LogP contribution in [0.1, 0.15) is 34.0 Å². The largest absolute Gasteiger partial charge is 0.493 e. The van der Waals surface area contributed by atoms with E-state index in [0.29, 0.717) is 36.9 Å². The average molecular weight is 546 g/mol. The molecular weight excluding hydrogens is 516 g/mol. The summed E-state index contributed by atoms with van der Waals surface area (Å²) in [6, 6.07) is 23.9. The predicted molar refractivity (Wildman–Crippen MR) is 145 cm³/mol.